The van der Waals surface area contributed by atoms with Crippen LogP contribution in [0.4, 0.5) is 0 Å². The Bertz CT molecular complexity index is 935. The maximum Gasteiger partial charge on any atom is 0.305 e. The lowest BCUT2D eigenvalue weighted by Gasteiger charge is -2.22. The van der Waals surface area contributed by atoms with Gasteiger partial charge in [-0.3, -0.25) is 9.59 Å². The van der Waals surface area contributed by atoms with Crippen LogP contribution >= 0.6 is 0 Å². The van der Waals surface area contributed by atoms with E-state index in [1.807, 2.05) is 0 Å². The fourth-order valence-corrected chi connectivity index (χ4v) is 8.14. The number of carbonyl (C=O) groups excluding carboxylic acids is 2. The first-order valence-electron chi connectivity index (χ1n) is 26.6. The van der Waals surface area contributed by atoms with E-state index in [-0.39, 0.29) is 18.5 Å². The van der Waals surface area contributed by atoms with Crippen molar-refractivity contribution in [2.24, 2.45) is 0 Å². The summed E-state index contributed by atoms with van der Waals surface area (Å²) in [6.45, 7) is 4.88. The predicted octanol–water partition coefficient (Wildman–Crippen LogP) is 15.9. The number of rotatable bonds is 49. The predicted molar refractivity (Wildman–Crippen MR) is 260 cm³/mol. The first-order valence-corrected chi connectivity index (χ1v) is 26.6. The maximum atomic E-state index is 12.5. The zero-order chi connectivity index (χ0) is 43.7. The Hall–Kier alpha value is -1.66. The van der Waals surface area contributed by atoms with Gasteiger partial charge in [-0.2, -0.15) is 0 Å². The number of hydrogen-bond donors (Lipinski definition) is 3. The third-order valence-corrected chi connectivity index (χ3v) is 12.3. The van der Waals surface area contributed by atoms with E-state index >= 15 is 0 Å². The number of ether oxygens (including phenoxy) is 1. The van der Waals surface area contributed by atoms with E-state index in [0.29, 0.717) is 25.9 Å². The second kappa shape index (κ2) is 50.0. The van der Waals surface area contributed by atoms with Gasteiger partial charge in [0, 0.05) is 12.8 Å². The van der Waals surface area contributed by atoms with Gasteiger partial charge in [0.05, 0.1) is 25.4 Å². The molecule has 2 atom stereocenters. The van der Waals surface area contributed by atoms with Gasteiger partial charge in [0.2, 0.25) is 5.91 Å². The second-order valence-corrected chi connectivity index (χ2v) is 18.2. The minimum Gasteiger partial charge on any atom is -0.466 e. The molecule has 6 nitrogen and oxygen atoms in total. The molecule has 1 amide bonds. The summed E-state index contributed by atoms with van der Waals surface area (Å²) < 4.78 is 5.45. The molecule has 354 valence electrons. The average molecular weight is 846 g/mol. The van der Waals surface area contributed by atoms with E-state index < -0.39 is 12.1 Å². The smallest absolute Gasteiger partial charge is 0.305 e. The third-order valence-electron chi connectivity index (χ3n) is 12.3. The monoisotopic (exact) mass is 846 g/mol. The Morgan fingerprint density at radius 3 is 1.30 bits per heavy atom. The summed E-state index contributed by atoms with van der Waals surface area (Å²) in [7, 11) is 0. The average Bonchev–Trinajstić information content (AvgIpc) is 3.25. The number of nitrogens with one attached hydrogen (secondary N) is 1. The fraction of sp³-hybridized carbons (Fsp3) is 0.889. The standard InChI is InChI=1S/C54H103NO5/c1-3-5-7-9-11-13-15-17-19-20-21-23-24-26-30-34-38-42-46-52(57)51(50-56)55-53(58)47-43-39-35-31-28-29-33-37-41-45-49-60-54(59)48-44-40-36-32-27-25-22-18-16-14-12-10-8-6-4-2/h12,14,18,22,51-52,56-57H,3-11,13,15-17,19-21,23-50H2,1-2H3,(H,55,58)/b14-12-,22-18-. The molecule has 0 saturated carbocycles. The van der Waals surface area contributed by atoms with E-state index in [4.69, 9.17) is 4.74 Å². The molecule has 0 aromatic rings. The fourth-order valence-electron chi connectivity index (χ4n) is 8.14. The van der Waals surface area contributed by atoms with Gasteiger partial charge < -0.3 is 20.3 Å². The van der Waals surface area contributed by atoms with Crippen LogP contribution in [-0.2, 0) is 14.3 Å². The normalized spacial score (nSPS) is 12.8. The van der Waals surface area contributed by atoms with Crippen molar-refractivity contribution in [2.75, 3.05) is 13.2 Å². The molecule has 0 aromatic heterocycles. The highest BCUT2D eigenvalue weighted by Gasteiger charge is 2.20. The molecular formula is C54H103NO5. The highest BCUT2D eigenvalue weighted by molar-refractivity contribution is 5.76. The molecule has 0 saturated heterocycles. The molecule has 3 N–H and O–H groups in total. The highest BCUT2D eigenvalue weighted by atomic mass is 16.5. The van der Waals surface area contributed by atoms with Crippen LogP contribution in [0.15, 0.2) is 24.3 Å². The SMILES string of the molecule is CCCCC/C=C\C/C=C\CCCCCCCC(=O)OCCCCCCCCCCCCC(=O)NC(CO)C(O)CCCCCCCCCCCCCCCCCCCC. The van der Waals surface area contributed by atoms with Crippen LogP contribution < -0.4 is 5.32 Å². The Morgan fingerprint density at radius 2 is 0.833 bits per heavy atom. The number of unbranched alkanes of at least 4 members (excludes halogenated alkanes) is 34. The molecule has 60 heavy (non-hydrogen) atoms. The molecule has 2 unspecified atom stereocenters. The number of allylic oxidation sites excluding steroid dienone is 4. The second-order valence-electron chi connectivity index (χ2n) is 18.2. The van der Waals surface area contributed by atoms with Crippen molar-refractivity contribution in [1.82, 2.24) is 5.32 Å². The molecule has 0 spiro atoms. The number of hydrogen-bond acceptors (Lipinski definition) is 5. The molecule has 0 aliphatic heterocycles. The van der Waals surface area contributed by atoms with Gasteiger partial charge in [-0.15, -0.1) is 0 Å². The van der Waals surface area contributed by atoms with E-state index in [1.165, 1.54) is 180 Å². The first kappa shape index (κ1) is 58.3. The van der Waals surface area contributed by atoms with Crippen molar-refractivity contribution >= 4 is 11.9 Å². The van der Waals surface area contributed by atoms with Crippen molar-refractivity contribution < 1.29 is 24.5 Å². The van der Waals surface area contributed by atoms with Gasteiger partial charge in [0.25, 0.3) is 0 Å². The van der Waals surface area contributed by atoms with E-state index in [1.54, 1.807) is 0 Å². The molecule has 0 heterocycles. The third kappa shape index (κ3) is 45.9. The highest BCUT2D eigenvalue weighted by Crippen LogP contribution is 2.17. The lowest BCUT2D eigenvalue weighted by molar-refractivity contribution is -0.143. The Morgan fingerprint density at radius 1 is 0.467 bits per heavy atom. The molecule has 0 fully saturated rings. The van der Waals surface area contributed by atoms with Crippen molar-refractivity contribution in [3.8, 4) is 0 Å². The molecule has 0 radical (unpaired) electrons. The lowest BCUT2D eigenvalue weighted by atomic mass is 10.0. The molecule has 0 aliphatic carbocycles. The summed E-state index contributed by atoms with van der Waals surface area (Å²) in [5.41, 5.74) is 0. The largest absolute Gasteiger partial charge is 0.466 e. The van der Waals surface area contributed by atoms with E-state index in [0.717, 1.165) is 70.6 Å². The summed E-state index contributed by atoms with van der Waals surface area (Å²) in [6.07, 6.45) is 58.6. The number of amides is 1. The summed E-state index contributed by atoms with van der Waals surface area (Å²) in [4.78, 5) is 24.5. The van der Waals surface area contributed by atoms with Gasteiger partial charge in [-0.05, 0) is 57.8 Å². The minimum atomic E-state index is -0.680. The van der Waals surface area contributed by atoms with Crippen molar-refractivity contribution in [2.45, 2.75) is 296 Å². The molecule has 0 rings (SSSR count). The summed E-state index contributed by atoms with van der Waals surface area (Å²) in [6, 6.07) is -0.559. The Labute approximate surface area is 373 Å². The van der Waals surface area contributed by atoms with Crippen LogP contribution in [0.25, 0.3) is 0 Å². The van der Waals surface area contributed by atoms with Crippen molar-refractivity contribution in [3.05, 3.63) is 24.3 Å². The molecule has 6 heteroatoms. The number of aliphatic hydroxyl groups is 2. The van der Waals surface area contributed by atoms with E-state index in [2.05, 4.69) is 43.5 Å². The van der Waals surface area contributed by atoms with Crippen molar-refractivity contribution in [1.29, 1.82) is 0 Å². The van der Waals surface area contributed by atoms with Crippen LogP contribution in [0, 0.1) is 0 Å². The zero-order valence-electron chi connectivity index (χ0n) is 40.2. The quantitative estimate of drug-likeness (QED) is 0.0322. The van der Waals surface area contributed by atoms with Crippen molar-refractivity contribution in [3.63, 3.8) is 0 Å². The van der Waals surface area contributed by atoms with Crippen LogP contribution in [0.3, 0.4) is 0 Å². The lowest BCUT2D eigenvalue weighted by Crippen LogP contribution is -2.45. The number of aliphatic hydroxyl groups excluding tert-OH is 2. The van der Waals surface area contributed by atoms with Crippen LogP contribution in [0.5, 0.6) is 0 Å². The molecule has 0 aromatic carbocycles. The summed E-state index contributed by atoms with van der Waals surface area (Å²) in [5.74, 6) is -0.0897. The molecular weight excluding hydrogens is 743 g/mol. The Kier molecular flexibility index (Phi) is 48.6. The van der Waals surface area contributed by atoms with Gasteiger partial charge in [-0.25, -0.2) is 0 Å². The van der Waals surface area contributed by atoms with E-state index in [9.17, 15) is 19.8 Å². The first-order chi connectivity index (χ1) is 29.5. The number of esters is 1. The molecule has 0 bridgehead atoms. The summed E-state index contributed by atoms with van der Waals surface area (Å²) >= 11 is 0. The van der Waals surface area contributed by atoms with Gasteiger partial charge in [0.1, 0.15) is 0 Å². The molecule has 0 aliphatic rings. The zero-order valence-corrected chi connectivity index (χ0v) is 40.2. The minimum absolute atomic E-state index is 0.0324. The number of carbonyl (C=O) groups is 2. The van der Waals surface area contributed by atoms with Crippen LogP contribution in [0.2, 0.25) is 0 Å². The van der Waals surface area contributed by atoms with Gasteiger partial charge in [-0.1, -0.05) is 237 Å². The van der Waals surface area contributed by atoms with Gasteiger partial charge in [0.15, 0.2) is 0 Å². The van der Waals surface area contributed by atoms with Gasteiger partial charge >= 0.3 is 5.97 Å². The topological polar surface area (TPSA) is 95.9 Å². The Balaban J connectivity index is 3.49. The van der Waals surface area contributed by atoms with Crippen LogP contribution in [-0.4, -0.2) is 47.4 Å². The summed E-state index contributed by atoms with van der Waals surface area (Å²) in [5, 5.41) is 23.3. The van der Waals surface area contributed by atoms with Crippen LogP contribution in [0.1, 0.15) is 284 Å². The maximum absolute atomic E-state index is 12.5.